The van der Waals surface area contributed by atoms with E-state index in [4.69, 9.17) is 4.42 Å². The molecule has 2 amide bonds. The number of rotatable bonds is 10. The van der Waals surface area contributed by atoms with Gasteiger partial charge in [0.1, 0.15) is 6.54 Å². The number of aromatic nitrogens is 5. The van der Waals surface area contributed by atoms with Crippen LogP contribution in [0.15, 0.2) is 64.1 Å². The molecular formula is C30H28F3N7O6. The molecule has 240 valence electrons. The lowest BCUT2D eigenvalue weighted by Crippen LogP contribution is -2.46. The second-order valence-electron chi connectivity index (χ2n) is 10.9. The van der Waals surface area contributed by atoms with Crippen LogP contribution in [0.25, 0.3) is 11.3 Å². The number of hydrogen-bond acceptors (Lipinski definition) is 10. The number of nitrogens with one attached hydrogen (secondary N) is 2. The summed E-state index contributed by atoms with van der Waals surface area (Å²) in [6.07, 6.45) is -2.47. The van der Waals surface area contributed by atoms with Gasteiger partial charge in [0.05, 0.1) is 41.7 Å². The third-order valence-electron chi connectivity index (χ3n) is 7.47. The molecule has 3 aromatic heterocycles. The second-order valence-corrected chi connectivity index (χ2v) is 10.9. The van der Waals surface area contributed by atoms with E-state index >= 15 is 0 Å². The lowest BCUT2D eigenvalue weighted by atomic mass is 9.99. The van der Waals surface area contributed by atoms with Crippen LogP contribution in [0, 0.1) is 5.92 Å². The van der Waals surface area contributed by atoms with E-state index in [2.05, 4.69) is 35.5 Å². The lowest BCUT2D eigenvalue weighted by Gasteiger charge is -2.21. The number of methoxy groups -OCH3 is 1. The summed E-state index contributed by atoms with van der Waals surface area (Å²) >= 11 is 0. The maximum absolute atomic E-state index is 13.5. The molecule has 0 saturated heterocycles. The highest BCUT2D eigenvalue weighted by Crippen LogP contribution is 2.52. The van der Waals surface area contributed by atoms with Crippen molar-refractivity contribution in [1.82, 2.24) is 30.0 Å². The largest absolute Gasteiger partial charge is 0.453 e. The molecular weight excluding hydrogens is 611 g/mol. The summed E-state index contributed by atoms with van der Waals surface area (Å²) in [5, 5.41) is 12.7. The molecule has 1 unspecified atom stereocenters. The van der Waals surface area contributed by atoms with E-state index in [9.17, 15) is 32.3 Å². The molecule has 0 radical (unpaired) electrons. The van der Waals surface area contributed by atoms with Crippen LogP contribution >= 0.6 is 0 Å². The normalized spacial score (nSPS) is 14.4. The number of carbonyl (C=O) groups excluding carboxylic acids is 3. The van der Waals surface area contributed by atoms with E-state index in [1.54, 1.807) is 44.2 Å². The molecule has 1 aromatic carbocycles. The molecule has 4 aromatic rings. The minimum Gasteiger partial charge on any atom is -0.453 e. The maximum Gasteiger partial charge on any atom is 0.417 e. The van der Waals surface area contributed by atoms with Crippen LogP contribution in [0.2, 0.25) is 0 Å². The number of ether oxygens (including phenoxy) is 1. The molecule has 5 rings (SSSR count). The molecule has 3 heterocycles. The minimum absolute atomic E-state index is 0.0263. The number of halogens is 3. The molecule has 1 saturated carbocycles. The number of hydrogen-bond donors (Lipinski definition) is 2. The highest BCUT2D eigenvalue weighted by atomic mass is 19.4. The summed E-state index contributed by atoms with van der Waals surface area (Å²) in [4.78, 5) is 59.9. The monoisotopic (exact) mass is 639 g/mol. The Balaban J connectivity index is 1.37. The Morgan fingerprint density at radius 3 is 2.35 bits per heavy atom. The van der Waals surface area contributed by atoms with E-state index in [1.807, 2.05) is 0 Å². The van der Waals surface area contributed by atoms with Gasteiger partial charge in [0.2, 0.25) is 23.4 Å². The van der Waals surface area contributed by atoms with Crippen molar-refractivity contribution in [1.29, 1.82) is 0 Å². The molecule has 0 bridgehead atoms. The minimum atomic E-state index is -4.54. The Morgan fingerprint density at radius 1 is 1.04 bits per heavy atom. The van der Waals surface area contributed by atoms with Gasteiger partial charge in [0.25, 0.3) is 11.4 Å². The highest BCUT2D eigenvalue weighted by molar-refractivity contribution is 5.98. The molecule has 46 heavy (non-hydrogen) atoms. The van der Waals surface area contributed by atoms with E-state index in [0.29, 0.717) is 24.1 Å². The van der Waals surface area contributed by atoms with Gasteiger partial charge in [-0.15, -0.1) is 10.2 Å². The van der Waals surface area contributed by atoms with Gasteiger partial charge < -0.3 is 14.5 Å². The van der Waals surface area contributed by atoms with Crippen LogP contribution in [-0.2, 0) is 27.7 Å². The van der Waals surface area contributed by atoms with Gasteiger partial charge in [0.15, 0.2) is 0 Å². The summed E-state index contributed by atoms with van der Waals surface area (Å²) in [5.41, 5.74) is -1.46. The van der Waals surface area contributed by atoms with Crippen molar-refractivity contribution in [2.45, 2.75) is 50.9 Å². The number of carbonyl (C=O) groups is 3. The predicted molar refractivity (Wildman–Crippen MR) is 155 cm³/mol. The Morgan fingerprint density at radius 2 is 1.76 bits per heavy atom. The second kappa shape index (κ2) is 12.5. The number of nitrogens with zero attached hydrogens (tertiary/aromatic N) is 5. The number of amides is 2. The fourth-order valence-electron chi connectivity index (χ4n) is 4.81. The Bertz CT molecular complexity index is 1820. The zero-order valence-electron chi connectivity index (χ0n) is 24.8. The van der Waals surface area contributed by atoms with Crippen LogP contribution in [0.4, 0.5) is 23.8 Å². The Labute approximate surface area is 259 Å². The molecule has 1 fully saturated rings. The molecule has 1 aliphatic carbocycles. The zero-order chi connectivity index (χ0) is 33.2. The fraction of sp³-hybridized carbons (Fsp3) is 0.333. The van der Waals surface area contributed by atoms with Crippen molar-refractivity contribution in [3.8, 4) is 11.3 Å². The highest BCUT2D eigenvalue weighted by Gasteiger charge is 2.52. The number of ketones is 1. The first-order chi connectivity index (χ1) is 21.8. The van der Waals surface area contributed by atoms with Crippen molar-refractivity contribution < 1.29 is 36.7 Å². The number of Topliss-reactive ketones (excluding diaryl/α,β-unsaturated/α-hetero) is 1. The van der Waals surface area contributed by atoms with E-state index in [-0.39, 0.29) is 17.4 Å². The number of anilines is 1. The van der Waals surface area contributed by atoms with E-state index < -0.39 is 64.9 Å². The third-order valence-corrected chi connectivity index (χ3v) is 7.47. The van der Waals surface area contributed by atoms with Crippen molar-refractivity contribution in [3.63, 3.8) is 0 Å². The van der Waals surface area contributed by atoms with Crippen molar-refractivity contribution >= 4 is 23.6 Å². The van der Waals surface area contributed by atoms with Crippen LogP contribution in [0.3, 0.4) is 0 Å². The number of benzene rings is 1. The standard InChI is InChI=1S/C30H28F3N7O6/c1-16(2)22(23(42)25-38-39-27(46-25)29(11-12-29)20-10-9-18(13-34-20)30(31,32)33)36-21(41)15-40-19(17-7-5-4-6-8-17)14-35-24(26(40)43)37-28(44)45-3/h4-10,13-14,16,22H,11-12,15H2,1-3H3,(H,36,41)(H,35,37,44). The van der Waals surface area contributed by atoms with Gasteiger partial charge in [-0.05, 0) is 36.5 Å². The van der Waals surface area contributed by atoms with Gasteiger partial charge in [-0.3, -0.25) is 29.3 Å². The third kappa shape index (κ3) is 6.50. The SMILES string of the molecule is COC(=O)Nc1ncc(-c2ccccc2)n(CC(=O)NC(C(=O)c2nnc(C3(c4ccc(C(F)(F)F)cn4)CC3)o2)C(C)C)c1=O. The van der Waals surface area contributed by atoms with Gasteiger partial charge in [-0.2, -0.15) is 13.2 Å². The Hall–Kier alpha value is -5.41. The van der Waals surface area contributed by atoms with Crippen LogP contribution < -0.4 is 16.2 Å². The van der Waals surface area contributed by atoms with Crippen molar-refractivity contribution in [2.24, 2.45) is 5.92 Å². The molecule has 0 aliphatic heterocycles. The van der Waals surface area contributed by atoms with Gasteiger partial charge in [-0.1, -0.05) is 44.2 Å². The predicted octanol–water partition coefficient (Wildman–Crippen LogP) is 3.99. The van der Waals surface area contributed by atoms with Gasteiger partial charge in [0, 0.05) is 6.20 Å². The number of pyridine rings is 1. The summed E-state index contributed by atoms with van der Waals surface area (Å²) in [7, 11) is 1.12. The lowest BCUT2D eigenvalue weighted by molar-refractivity contribution is -0.137. The average Bonchev–Trinajstić information content (AvgIpc) is 3.69. The van der Waals surface area contributed by atoms with Crippen LogP contribution in [0.1, 0.15) is 54.5 Å². The van der Waals surface area contributed by atoms with Crippen molar-refractivity contribution in [3.05, 3.63) is 88.3 Å². The average molecular weight is 640 g/mol. The van der Waals surface area contributed by atoms with E-state index in [1.165, 1.54) is 12.3 Å². The summed E-state index contributed by atoms with van der Waals surface area (Å²) in [6.45, 7) is 2.82. The summed E-state index contributed by atoms with van der Waals surface area (Å²) < 4.78 is 50.4. The summed E-state index contributed by atoms with van der Waals surface area (Å²) in [5.74, 6) is -2.62. The smallest absolute Gasteiger partial charge is 0.417 e. The molecule has 13 nitrogen and oxygen atoms in total. The Kier molecular flexibility index (Phi) is 8.72. The first-order valence-corrected chi connectivity index (χ1v) is 14.1. The first-order valence-electron chi connectivity index (χ1n) is 14.1. The molecule has 2 N–H and O–H groups in total. The first kappa shape index (κ1) is 32.0. The molecule has 1 aliphatic rings. The van der Waals surface area contributed by atoms with Gasteiger partial charge >= 0.3 is 12.3 Å². The van der Waals surface area contributed by atoms with Crippen LogP contribution in [0.5, 0.6) is 0 Å². The topological polar surface area (TPSA) is 171 Å². The van der Waals surface area contributed by atoms with Crippen molar-refractivity contribution in [2.75, 3.05) is 12.4 Å². The quantitative estimate of drug-likeness (QED) is 0.242. The summed E-state index contributed by atoms with van der Waals surface area (Å²) in [6, 6.07) is 9.66. The molecule has 1 atom stereocenters. The molecule has 0 spiro atoms. The van der Waals surface area contributed by atoms with E-state index in [0.717, 1.165) is 23.9 Å². The number of alkyl halides is 3. The maximum atomic E-state index is 13.5. The molecule has 16 heteroatoms. The van der Waals surface area contributed by atoms with Gasteiger partial charge in [-0.25, -0.2) is 9.78 Å². The zero-order valence-corrected chi connectivity index (χ0v) is 24.8. The fourth-order valence-corrected chi connectivity index (χ4v) is 4.81. The van der Waals surface area contributed by atoms with Crippen LogP contribution in [-0.4, -0.2) is 55.7 Å².